The van der Waals surface area contributed by atoms with Crippen LogP contribution in [0.4, 0.5) is 15.9 Å². The molecule has 39 heavy (non-hydrogen) atoms. The summed E-state index contributed by atoms with van der Waals surface area (Å²) in [6, 6.07) is 6.13. The van der Waals surface area contributed by atoms with Gasteiger partial charge < -0.3 is 30.4 Å². The number of carbonyl (C=O) groups is 1. The Bertz CT molecular complexity index is 1580. The summed E-state index contributed by atoms with van der Waals surface area (Å²) >= 11 is 6.19. The van der Waals surface area contributed by atoms with Crippen LogP contribution in [0.25, 0.3) is 10.9 Å². The Labute approximate surface area is 227 Å². The van der Waals surface area contributed by atoms with Gasteiger partial charge in [0.05, 0.1) is 17.1 Å². The molecule has 4 heterocycles. The highest BCUT2D eigenvalue weighted by Crippen LogP contribution is 2.40. The van der Waals surface area contributed by atoms with Crippen LogP contribution < -0.4 is 20.1 Å². The number of aromatic nitrogens is 4. The molecule has 0 bridgehead atoms. The largest absolute Gasteiger partial charge is 0.434 e. The first-order valence-electron chi connectivity index (χ1n) is 11.8. The highest BCUT2D eigenvalue weighted by molar-refractivity contribution is 6.33. The topological polar surface area (TPSA) is 143 Å². The smallest absolute Gasteiger partial charge is 0.324 e. The van der Waals surface area contributed by atoms with E-state index in [1.807, 2.05) is 4.90 Å². The Morgan fingerprint density at radius 2 is 1.97 bits per heavy atom. The third-order valence-corrected chi connectivity index (χ3v) is 6.39. The first kappa shape index (κ1) is 25.8. The number of nitrogens with zero attached hydrogens (tertiary/aromatic N) is 6. The van der Waals surface area contributed by atoms with Gasteiger partial charge in [0, 0.05) is 50.5 Å². The molecule has 1 amide bonds. The third kappa shape index (κ3) is 5.14. The SMILES string of the molecule is C=CC(=O)N1CCN(c2nc(Oc3cccnc3)nc3c(Oc4c(Cl)c(F)cc(N)c4C=N)nccc23)CC1. The maximum absolute atomic E-state index is 14.4. The number of nitrogens with one attached hydrogen (secondary N) is 1. The van der Waals surface area contributed by atoms with Gasteiger partial charge in [0.25, 0.3) is 0 Å². The summed E-state index contributed by atoms with van der Waals surface area (Å²) in [7, 11) is 0. The van der Waals surface area contributed by atoms with E-state index < -0.39 is 5.82 Å². The van der Waals surface area contributed by atoms with Crippen LogP contribution in [0, 0.1) is 11.2 Å². The summed E-state index contributed by atoms with van der Waals surface area (Å²) in [4.78, 5) is 33.3. The summed E-state index contributed by atoms with van der Waals surface area (Å²) in [5, 5.41) is 7.94. The number of benzene rings is 1. The zero-order valence-electron chi connectivity index (χ0n) is 20.5. The average molecular weight is 549 g/mol. The second kappa shape index (κ2) is 10.9. The molecule has 0 atom stereocenters. The predicted octanol–water partition coefficient (Wildman–Crippen LogP) is 4.21. The van der Waals surface area contributed by atoms with Gasteiger partial charge in [-0.1, -0.05) is 18.2 Å². The summed E-state index contributed by atoms with van der Waals surface area (Å²) in [5.74, 6) is -0.219. The monoisotopic (exact) mass is 548 g/mol. The lowest BCUT2D eigenvalue weighted by Gasteiger charge is -2.35. The zero-order chi connectivity index (χ0) is 27.5. The Balaban J connectivity index is 1.62. The minimum atomic E-state index is -0.808. The van der Waals surface area contributed by atoms with Gasteiger partial charge in [-0.3, -0.25) is 9.78 Å². The van der Waals surface area contributed by atoms with Gasteiger partial charge in [-0.15, -0.1) is 0 Å². The molecule has 0 aliphatic carbocycles. The fourth-order valence-electron chi connectivity index (χ4n) is 4.12. The van der Waals surface area contributed by atoms with Crippen molar-refractivity contribution in [2.75, 3.05) is 36.8 Å². The standard InChI is InChI=1S/C26H22ClFN8O3/c1-2-20(37)35-8-10-36(11-9-35)24-16-5-7-32-25(39-23-17(13-29)19(30)12-18(28)21(23)27)22(16)33-26(34-24)38-15-4-3-6-31-14-15/h2-7,12-14,29H,1,8-11,30H2. The summed E-state index contributed by atoms with van der Waals surface area (Å²) in [6.45, 7) is 5.46. The fourth-order valence-corrected chi connectivity index (χ4v) is 4.31. The Kier molecular flexibility index (Phi) is 7.19. The zero-order valence-corrected chi connectivity index (χ0v) is 21.2. The Morgan fingerprint density at radius 3 is 2.67 bits per heavy atom. The van der Waals surface area contributed by atoms with Crippen LogP contribution >= 0.6 is 11.6 Å². The molecule has 1 aromatic carbocycles. The first-order valence-corrected chi connectivity index (χ1v) is 12.1. The number of rotatable bonds is 7. The molecule has 1 aliphatic rings. The molecule has 4 aromatic rings. The van der Waals surface area contributed by atoms with E-state index in [2.05, 4.69) is 26.5 Å². The van der Waals surface area contributed by atoms with Crippen molar-refractivity contribution in [3.8, 4) is 23.4 Å². The lowest BCUT2D eigenvalue weighted by molar-refractivity contribution is -0.126. The van der Waals surface area contributed by atoms with Gasteiger partial charge in [-0.2, -0.15) is 9.97 Å². The molecule has 1 aliphatic heterocycles. The normalized spacial score (nSPS) is 13.3. The van der Waals surface area contributed by atoms with Gasteiger partial charge >= 0.3 is 6.01 Å². The van der Waals surface area contributed by atoms with E-state index >= 15 is 0 Å². The number of fused-ring (bicyclic) bond motifs is 1. The fraction of sp³-hybridized carbons (Fsp3) is 0.154. The van der Waals surface area contributed by atoms with E-state index in [1.54, 1.807) is 29.3 Å². The molecule has 11 nitrogen and oxygen atoms in total. The molecule has 0 radical (unpaired) electrons. The maximum atomic E-state index is 14.4. The Morgan fingerprint density at radius 1 is 1.18 bits per heavy atom. The van der Waals surface area contributed by atoms with Crippen molar-refractivity contribution in [2.24, 2.45) is 0 Å². The van der Waals surface area contributed by atoms with E-state index in [-0.39, 0.29) is 45.3 Å². The van der Waals surface area contributed by atoms with Crippen molar-refractivity contribution < 1.29 is 18.7 Å². The van der Waals surface area contributed by atoms with E-state index in [1.165, 1.54) is 18.5 Å². The number of hydrogen-bond donors (Lipinski definition) is 2. The molecule has 3 aromatic heterocycles. The molecule has 13 heteroatoms. The van der Waals surface area contributed by atoms with Crippen molar-refractivity contribution in [3.05, 3.63) is 71.9 Å². The highest BCUT2D eigenvalue weighted by atomic mass is 35.5. The number of nitrogens with two attached hydrogens (primary N) is 1. The minimum Gasteiger partial charge on any atom is -0.434 e. The first-order chi connectivity index (χ1) is 18.9. The molecular formula is C26H22ClFN8O3. The number of amides is 1. The quantitative estimate of drug-likeness (QED) is 0.197. The van der Waals surface area contributed by atoms with Crippen molar-refractivity contribution in [3.63, 3.8) is 0 Å². The molecular weight excluding hydrogens is 527 g/mol. The molecule has 3 N–H and O–H groups in total. The van der Waals surface area contributed by atoms with Crippen molar-refractivity contribution in [1.29, 1.82) is 5.41 Å². The molecule has 198 valence electrons. The molecule has 5 rings (SSSR count). The van der Waals surface area contributed by atoms with Crippen molar-refractivity contribution in [1.82, 2.24) is 24.8 Å². The van der Waals surface area contributed by atoms with E-state index in [0.29, 0.717) is 43.1 Å². The van der Waals surface area contributed by atoms with Crippen molar-refractivity contribution in [2.45, 2.75) is 0 Å². The van der Waals surface area contributed by atoms with Crippen LogP contribution in [0.2, 0.25) is 5.02 Å². The van der Waals surface area contributed by atoms with Crippen LogP contribution in [0.15, 0.2) is 55.5 Å². The van der Waals surface area contributed by atoms with Crippen LogP contribution in [0.5, 0.6) is 23.4 Å². The number of pyridine rings is 2. The number of piperazine rings is 1. The second-order valence-electron chi connectivity index (χ2n) is 8.40. The lowest BCUT2D eigenvalue weighted by Crippen LogP contribution is -2.48. The lowest BCUT2D eigenvalue weighted by atomic mass is 10.1. The summed E-state index contributed by atoms with van der Waals surface area (Å²) in [5.41, 5.74) is 6.21. The summed E-state index contributed by atoms with van der Waals surface area (Å²) in [6.07, 6.45) is 6.82. The third-order valence-electron chi connectivity index (χ3n) is 6.04. The number of halogens is 2. The highest BCUT2D eigenvalue weighted by Gasteiger charge is 2.25. The average Bonchev–Trinajstić information content (AvgIpc) is 2.96. The van der Waals surface area contributed by atoms with Gasteiger partial charge in [-0.25, -0.2) is 9.37 Å². The molecule has 0 spiro atoms. The van der Waals surface area contributed by atoms with E-state index in [0.717, 1.165) is 12.3 Å². The molecule has 0 unspecified atom stereocenters. The van der Waals surface area contributed by atoms with Gasteiger partial charge in [0.2, 0.25) is 11.8 Å². The second-order valence-corrected chi connectivity index (χ2v) is 8.78. The molecule has 1 fully saturated rings. The molecule has 0 saturated carbocycles. The number of ether oxygens (including phenoxy) is 2. The maximum Gasteiger partial charge on any atom is 0.324 e. The predicted molar refractivity (Wildman–Crippen MR) is 144 cm³/mol. The van der Waals surface area contributed by atoms with E-state index in [9.17, 15) is 9.18 Å². The summed E-state index contributed by atoms with van der Waals surface area (Å²) < 4.78 is 26.3. The van der Waals surface area contributed by atoms with Gasteiger partial charge in [-0.05, 0) is 30.3 Å². The number of hydrogen-bond acceptors (Lipinski definition) is 10. The minimum absolute atomic E-state index is 0.00919. The van der Waals surface area contributed by atoms with Crippen LogP contribution in [-0.2, 0) is 4.79 Å². The van der Waals surface area contributed by atoms with Crippen LogP contribution in [-0.4, -0.2) is 63.1 Å². The Hall–Kier alpha value is -4.84. The van der Waals surface area contributed by atoms with Crippen molar-refractivity contribution >= 4 is 46.1 Å². The number of nitrogen functional groups attached to an aromatic ring is 1. The van der Waals surface area contributed by atoms with E-state index in [4.69, 9.17) is 32.2 Å². The molecule has 1 saturated heterocycles. The van der Waals surface area contributed by atoms with Crippen LogP contribution in [0.1, 0.15) is 5.56 Å². The number of carbonyl (C=O) groups excluding carboxylic acids is 1. The van der Waals surface area contributed by atoms with Crippen LogP contribution in [0.3, 0.4) is 0 Å². The van der Waals surface area contributed by atoms with Gasteiger partial charge in [0.15, 0.2) is 5.75 Å². The van der Waals surface area contributed by atoms with Gasteiger partial charge in [0.1, 0.15) is 27.9 Å². The number of anilines is 2.